The average molecular weight is 433 g/mol. The van der Waals surface area contributed by atoms with Crippen LogP contribution in [-0.4, -0.2) is 5.91 Å². The molecule has 3 nitrogen and oxygen atoms in total. The lowest BCUT2D eigenvalue weighted by Gasteiger charge is -2.33. The molecule has 28 heavy (non-hydrogen) atoms. The number of hydrogen-bond donors (Lipinski definition) is 1. The largest absolute Gasteiger partial charge is 0.313 e. The first kappa shape index (κ1) is 20.9. The number of amides is 1. The Hall–Kier alpha value is -1.80. The highest BCUT2D eigenvalue weighted by atomic mass is 35.5. The maximum Gasteiger partial charge on any atom is 0.249 e. The second-order valence-electron chi connectivity index (χ2n) is 8.08. The number of nitrogens with one attached hydrogen (secondary N) is 1. The number of rotatable bonds is 3. The molecule has 1 atom stereocenters. The highest BCUT2D eigenvalue weighted by molar-refractivity contribution is 7.16. The summed E-state index contributed by atoms with van der Waals surface area (Å²) in [5.74, 6) is 0.273. The van der Waals surface area contributed by atoms with Crippen LogP contribution in [0.25, 0.3) is 6.08 Å². The molecule has 1 amide bonds. The van der Waals surface area contributed by atoms with Crippen molar-refractivity contribution < 1.29 is 4.79 Å². The Labute approximate surface area is 180 Å². The molecule has 1 N–H and O–H groups in total. The van der Waals surface area contributed by atoms with Crippen molar-refractivity contribution in [1.29, 1.82) is 5.26 Å². The maximum absolute atomic E-state index is 12.4. The third-order valence-electron chi connectivity index (χ3n) is 5.24. The summed E-state index contributed by atoms with van der Waals surface area (Å²) in [6.07, 6.45) is 5.90. The van der Waals surface area contributed by atoms with E-state index in [0.29, 0.717) is 32.1 Å². The molecule has 3 rings (SSSR count). The summed E-state index contributed by atoms with van der Waals surface area (Å²) in [6, 6.07) is 7.48. The monoisotopic (exact) mass is 432 g/mol. The molecule has 1 aliphatic carbocycles. The Morgan fingerprint density at radius 2 is 2.00 bits per heavy atom. The van der Waals surface area contributed by atoms with Crippen LogP contribution in [0.4, 0.5) is 5.00 Å². The summed E-state index contributed by atoms with van der Waals surface area (Å²) < 4.78 is 0. The fourth-order valence-electron chi connectivity index (χ4n) is 3.51. The van der Waals surface area contributed by atoms with E-state index in [-0.39, 0.29) is 11.3 Å². The molecule has 0 unspecified atom stereocenters. The Kier molecular flexibility index (Phi) is 6.19. The van der Waals surface area contributed by atoms with Gasteiger partial charge in [0.2, 0.25) is 5.91 Å². The number of thiophene rings is 1. The second-order valence-corrected chi connectivity index (χ2v) is 10.0. The van der Waals surface area contributed by atoms with E-state index in [9.17, 15) is 10.1 Å². The van der Waals surface area contributed by atoms with E-state index in [0.717, 1.165) is 24.8 Å². The van der Waals surface area contributed by atoms with Crippen LogP contribution in [0.5, 0.6) is 0 Å². The highest BCUT2D eigenvalue weighted by Gasteiger charge is 2.32. The van der Waals surface area contributed by atoms with Crippen LogP contribution < -0.4 is 5.32 Å². The van der Waals surface area contributed by atoms with Crippen molar-refractivity contribution in [2.24, 2.45) is 11.3 Å². The van der Waals surface area contributed by atoms with E-state index >= 15 is 0 Å². The van der Waals surface area contributed by atoms with Crippen LogP contribution in [0.3, 0.4) is 0 Å². The number of benzene rings is 1. The minimum atomic E-state index is -0.307. The predicted molar refractivity (Wildman–Crippen MR) is 118 cm³/mol. The summed E-state index contributed by atoms with van der Waals surface area (Å²) in [7, 11) is 0. The molecule has 0 fully saturated rings. The normalized spacial score (nSPS) is 16.6. The van der Waals surface area contributed by atoms with Crippen LogP contribution in [-0.2, 0) is 17.6 Å². The van der Waals surface area contributed by atoms with Gasteiger partial charge in [-0.05, 0) is 54.4 Å². The Morgan fingerprint density at radius 1 is 1.32 bits per heavy atom. The molecule has 0 saturated heterocycles. The standard InChI is InChI=1S/C22H22Cl2N2OS/c1-22(2,3)13-7-8-14-16(12-25)21(28-19(14)11-13)26-20(27)10-9-15-17(23)5-4-6-18(15)24/h4-6,9-10,13H,7-8,11H2,1-3H3,(H,26,27)/b10-9-/t13-/m0/s1. The maximum atomic E-state index is 12.4. The number of halogens is 2. The van der Waals surface area contributed by atoms with Gasteiger partial charge in [0.1, 0.15) is 11.1 Å². The lowest BCUT2D eigenvalue weighted by atomic mass is 9.72. The molecule has 146 valence electrons. The second kappa shape index (κ2) is 8.29. The van der Waals surface area contributed by atoms with E-state index in [4.69, 9.17) is 23.2 Å². The van der Waals surface area contributed by atoms with Crippen LogP contribution in [0.1, 0.15) is 48.8 Å². The van der Waals surface area contributed by atoms with Crippen LogP contribution in [0.2, 0.25) is 10.0 Å². The van der Waals surface area contributed by atoms with Crippen LogP contribution in [0, 0.1) is 22.7 Å². The van der Waals surface area contributed by atoms with Gasteiger partial charge < -0.3 is 5.32 Å². The first-order valence-corrected chi connectivity index (χ1v) is 10.8. The van der Waals surface area contributed by atoms with Crippen LogP contribution in [0.15, 0.2) is 24.3 Å². The molecule has 0 bridgehead atoms. The number of hydrogen-bond acceptors (Lipinski definition) is 3. The molecule has 0 radical (unpaired) electrons. The van der Waals surface area contributed by atoms with Gasteiger partial charge in [-0.3, -0.25) is 4.79 Å². The van der Waals surface area contributed by atoms with E-state index < -0.39 is 0 Å². The zero-order valence-electron chi connectivity index (χ0n) is 16.1. The van der Waals surface area contributed by atoms with Crippen molar-refractivity contribution in [3.8, 4) is 6.07 Å². The third-order valence-corrected chi connectivity index (χ3v) is 7.07. The Balaban J connectivity index is 1.80. The summed E-state index contributed by atoms with van der Waals surface area (Å²) in [5.41, 5.74) is 2.53. The minimum Gasteiger partial charge on any atom is -0.313 e. The van der Waals surface area contributed by atoms with Crippen molar-refractivity contribution in [2.45, 2.75) is 40.0 Å². The number of nitrogens with zero attached hydrogens (tertiary/aromatic N) is 1. The zero-order chi connectivity index (χ0) is 20.5. The van der Waals surface area contributed by atoms with Gasteiger partial charge in [0.15, 0.2) is 0 Å². The Morgan fingerprint density at radius 3 is 2.61 bits per heavy atom. The van der Waals surface area contributed by atoms with Gasteiger partial charge in [-0.15, -0.1) is 11.3 Å². The van der Waals surface area contributed by atoms with E-state index in [1.54, 1.807) is 24.3 Å². The lowest BCUT2D eigenvalue weighted by molar-refractivity contribution is -0.111. The smallest absolute Gasteiger partial charge is 0.249 e. The quantitative estimate of drug-likeness (QED) is 0.546. The van der Waals surface area contributed by atoms with Crippen molar-refractivity contribution in [3.05, 3.63) is 55.9 Å². The molecule has 0 aliphatic heterocycles. The molecule has 0 saturated carbocycles. The molecule has 2 aromatic rings. The lowest BCUT2D eigenvalue weighted by Crippen LogP contribution is -2.26. The van der Waals surface area contributed by atoms with E-state index in [1.807, 2.05) is 0 Å². The van der Waals surface area contributed by atoms with Gasteiger partial charge >= 0.3 is 0 Å². The minimum absolute atomic E-state index is 0.231. The topological polar surface area (TPSA) is 52.9 Å². The predicted octanol–water partition coefficient (Wildman–Crippen LogP) is 6.73. The fraction of sp³-hybridized carbons (Fsp3) is 0.364. The number of anilines is 1. The summed E-state index contributed by atoms with van der Waals surface area (Å²) in [5, 5.41) is 14.1. The van der Waals surface area contributed by atoms with Gasteiger partial charge in [0.05, 0.1) is 5.56 Å². The summed E-state index contributed by atoms with van der Waals surface area (Å²) >= 11 is 13.8. The number of carbonyl (C=O) groups is 1. The van der Waals surface area contributed by atoms with Crippen molar-refractivity contribution in [1.82, 2.24) is 0 Å². The molecule has 1 heterocycles. The molecule has 1 aliphatic rings. The third kappa shape index (κ3) is 4.43. The highest BCUT2D eigenvalue weighted by Crippen LogP contribution is 2.44. The average Bonchev–Trinajstić information content (AvgIpc) is 2.96. The van der Waals surface area contributed by atoms with Crippen molar-refractivity contribution in [3.63, 3.8) is 0 Å². The fourth-order valence-corrected chi connectivity index (χ4v) is 5.32. The van der Waals surface area contributed by atoms with Gasteiger partial charge in [0.25, 0.3) is 0 Å². The Bertz CT molecular complexity index is 959. The number of fused-ring (bicyclic) bond motifs is 1. The molecule has 1 aromatic heterocycles. The molecule has 6 heteroatoms. The summed E-state index contributed by atoms with van der Waals surface area (Å²) in [4.78, 5) is 13.6. The van der Waals surface area contributed by atoms with Gasteiger partial charge in [0, 0.05) is 26.6 Å². The van der Waals surface area contributed by atoms with Gasteiger partial charge in [-0.25, -0.2) is 0 Å². The first-order chi connectivity index (χ1) is 13.2. The molecule has 0 spiro atoms. The number of carbonyl (C=O) groups excluding carboxylic acids is 1. The van der Waals surface area contributed by atoms with Crippen molar-refractivity contribution in [2.75, 3.05) is 5.32 Å². The van der Waals surface area contributed by atoms with Crippen LogP contribution >= 0.6 is 34.5 Å². The number of nitriles is 1. The molecule has 1 aromatic carbocycles. The molecular formula is C22H22Cl2N2OS. The van der Waals surface area contributed by atoms with E-state index in [2.05, 4.69) is 32.2 Å². The van der Waals surface area contributed by atoms with Gasteiger partial charge in [-0.1, -0.05) is 50.0 Å². The van der Waals surface area contributed by atoms with E-state index in [1.165, 1.54) is 22.3 Å². The molecular weight excluding hydrogens is 411 g/mol. The zero-order valence-corrected chi connectivity index (χ0v) is 18.4. The first-order valence-electron chi connectivity index (χ1n) is 9.18. The van der Waals surface area contributed by atoms with Crippen molar-refractivity contribution >= 4 is 51.5 Å². The summed E-state index contributed by atoms with van der Waals surface area (Å²) in [6.45, 7) is 6.78. The van der Waals surface area contributed by atoms with Gasteiger partial charge in [-0.2, -0.15) is 5.26 Å². The SMILES string of the molecule is CC(C)(C)[C@H]1CCc2c(sc(NC(=O)/C=C\c3c(Cl)cccc3Cl)c2C#N)C1.